The SMILES string of the molecule is O=C(c1ccccc1)c1ccc(O)c(C(c2ccccc2Cl)N2CCOCC2)c1O. The molecule has 3 aromatic carbocycles. The minimum absolute atomic E-state index is 0.0893. The number of aromatic hydroxyl groups is 2. The van der Waals surface area contributed by atoms with E-state index in [1.165, 1.54) is 12.1 Å². The highest BCUT2D eigenvalue weighted by Gasteiger charge is 2.32. The number of hydrogen-bond acceptors (Lipinski definition) is 5. The number of ketones is 1. The van der Waals surface area contributed by atoms with Gasteiger partial charge in [0.2, 0.25) is 0 Å². The van der Waals surface area contributed by atoms with E-state index in [1.54, 1.807) is 30.3 Å². The number of hydrogen-bond donors (Lipinski definition) is 2. The smallest absolute Gasteiger partial charge is 0.196 e. The van der Waals surface area contributed by atoms with E-state index in [2.05, 4.69) is 4.90 Å². The van der Waals surface area contributed by atoms with Gasteiger partial charge in [-0.05, 0) is 23.8 Å². The third-order valence-electron chi connectivity index (χ3n) is 5.36. The van der Waals surface area contributed by atoms with Gasteiger partial charge in [-0.1, -0.05) is 60.1 Å². The van der Waals surface area contributed by atoms with E-state index in [0.717, 1.165) is 5.56 Å². The molecule has 1 aliphatic rings. The van der Waals surface area contributed by atoms with Gasteiger partial charge in [0.25, 0.3) is 0 Å². The first-order chi connectivity index (χ1) is 14.6. The van der Waals surface area contributed by atoms with Crippen molar-refractivity contribution in [1.82, 2.24) is 4.90 Å². The summed E-state index contributed by atoms with van der Waals surface area (Å²) in [5, 5.41) is 22.4. The number of halogens is 1. The van der Waals surface area contributed by atoms with E-state index in [4.69, 9.17) is 16.3 Å². The quantitative estimate of drug-likeness (QED) is 0.595. The Morgan fingerprint density at radius 2 is 1.60 bits per heavy atom. The molecule has 6 heteroatoms. The maximum Gasteiger partial charge on any atom is 0.196 e. The molecule has 1 heterocycles. The predicted molar refractivity (Wildman–Crippen MR) is 115 cm³/mol. The molecule has 1 saturated heterocycles. The zero-order chi connectivity index (χ0) is 21.1. The molecule has 0 aromatic heterocycles. The number of morpholine rings is 1. The van der Waals surface area contributed by atoms with Gasteiger partial charge in [0.1, 0.15) is 11.5 Å². The molecule has 0 radical (unpaired) electrons. The largest absolute Gasteiger partial charge is 0.507 e. The summed E-state index contributed by atoms with van der Waals surface area (Å²) in [4.78, 5) is 15.1. The number of rotatable bonds is 5. The lowest BCUT2D eigenvalue weighted by molar-refractivity contribution is 0.0231. The second kappa shape index (κ2) is 8.88. The van der Waals surface area contributed by atoms with E-state index in [-0.39, 0.29) is 28.4 Å². The van der Waals surface area contributed by atoms with Gasteiger partial charge in [-0.2, -0.15) is 0 Å². The van der Waals surface area contributed by atoms with Crippen LogP contribution in [0.1, 0.15) is 33.1 Å². The summed E-state index contributed by atoms with van der Waals surface area (Å²) < 4.78 is 5.48. The zero-order valence-corrected chi connectivity index (χ0v) is 17.0. The maximum atomic E-state index is 13.0. The van der Waals surface area contributed by atoms with Gasteiger partial charge in [0.05, 0.1) is 30.4 Å². The summed E-state index contributed by atoms with van der Waals surface area (Å²) in [5.41, 5.74) is 1.62. The summed E-state index contributed by atoms with van der Waals surface area (Å²) >= 11 is 6.50. The van der Waals surface area contributed by atoms with Crippen LogP contribution in [0.3, 0.4) is 0 Å². The highest BCUT2D eigenvalue weighted by molar-refractivity contribution is 6.31. The Morgan fingerprint density at radius 1 is 0.933 bits per heavy atom. The molecule has 0 aliphatic carbocycles. The Balaban J connectivity index is 1.86. The fourth-order valence-electron chi connectivity index (χ4n) is 3.86. The second-order valence-electron chi connectivity index (χ2n) is 7.16. The van der Waals surface area contributed by atoms with Crippen molar-refractivity contribution in [3.05, 3.63) is 94.0 Å². The minimum Gasteiger partial charge on any atom is -0.507 e. The van der Waals surface area contributed by atoms with Crippen LogP contribution in [0.25, 0.3) is 0 Å². The van der Waals surface area contributed by atoms with Crippen molar-refractivity contribution in [2.75, 3.05) is 26.3 Å². The van der Waals surface area contributed by atoms with E-state index in [9.17, 15) is 15.0 Å². The average molecular weight is 424 g/mol. The number of carbonyl (C=O) groups excluding carboxylic acids is 1. The molecule has 1 aliphatic heterocycles. The average Bonchev–Trinajstić information content (AvgIpc) is 2.78. The van der Waals surface area contributed by atoms with Crippen LogP contribution in [0.5, 0.6) is 11.5 Å². The van der Waals surface area contributed by atoms with Gasteiger partial charge in [-0.15, -0.1) is 0 Å². The first kappa shape index (κ1) is 20.4. The van der Waals surface area contributed by atoms with Crippen LogP contribution in [-0.2, 0) is 4.74 Å². The first-order valence-electron chi connectivity index (χ1n) is 9.78. The molecule has 154 valence electrons. The van der Waals surface area contributed by atoms with E-state index >= 15 is 0 Å². The Hall–Kier alpha value is -2.86. The normalized spacial score (nSPS) is 15.6. The minimum atomic E-state index is -0.522. The number of benzene rings is 3. The summed E-state index contributed by atoms with van der Waals surface area (Å²) in [6.45, 7) is 2.27. The maximum absolute atomic E-state index is 13.0. The molecule has 5 nitrogen and oxygen atoms in total. The van der Waals surface area contributed by atoms with Crippen LogP contribution < -0.4 is 0 Å². The standard InChI is InChI=1S/C24H22ClNO4/c25-19-9-5-4-8-17(19)22(26-12-14-30-15-13-26)21-20(27)11-10-18(24(21)29)23(28)16-6-2-1-3-7-16/h1-11,22,27,29H,12-15H2. The van der Waals surface area contributed by atoms with Crippen molar-refractivity contribution in [2.24, 2.45) is 0 Å². The number of ether oxygens (including phenoxy) is 1. The molecule has 4 rings (SSSR count). The van der Waals surface area contributed by atoms with Gasteiger partial charge in [-0.25, -0.2) is 0 Å². The summed E-state index contributed by atoms with van der Waals surface area (Å²) in [5.74, 6) is -0.636. The molecular weight excluding hydrogens is 402 g/mol. The van der Waals surface area contributed by atoms with Gasteiger partial charge in [-0.3, -0.25) is 9.69 Å². The molecule has 0 amide bonds. The summed E-state index contributed by atoms with van der Waals surface area (Å²) in [6, 6.07) is 18.5. The van der Waals surface area contributed by atoms with Gasteiger partial charge in [0.15, 0.2) is 5.78 Å². The molecule has 30 heavy (non-hydrogen) atoms. The molecular formula is C24H22ClNO4. The van der Waals surface area contributed by atoms with Crippen LogP contribution >= 0.6 is 11.6 Å². The van der Waals surface area contributed by atoms with Crippen molar-refractivity contribution in [2.45, 2.75) is 6.04 Å². The summed E-state index contributed by atoms with van der Waals surface area (Å²) in [6.07, 6.45) is 0. The highest BCUT2D eigenvalue weighted by atomic mass is 35.5. The van der Waals surface area contributed by atoms with Crippen molar-refractivity contribution in [3.8, 4) is 11.5 Å². The predicted octanol–water partition coefficient (Wildman–Crippen LogP) is 4.40. The van der Waals surface area contributed by atoms with Crippen LogP contribution in [0, 0.1) is 0 Å². The number of phenols is 2. The molecule has 0 saturated carbocycles. The topological polar surface area (TPSA) is 70.0 Å². The first-order valence-corrected chi connectivity index (χ1v) is 10.2. The van der Waals surface area contributed by atoms with Gasteiger partial charge in [0, 0.05) is 23.7 Å². The van der Waals surface area contributed by atoms with Gasteiger partial charge >= 0.3 is 0 Å². The van der Waals surface area contributed by atoms with E-state index in [1.807, 2.05) is 24.3 Å². The van der Waals surface area contributed by atoms with Crippen molar-refractivity contribution in [3.63, 3.8) is 0 Å². The van der Waals surface area contributed by atoms with Crippen molar-refractivity contribution >= 4 is 17.4 Å². The fraction of sp³-hybridized carbons (Fsp3) is 0.208. The zero-order valence-electron chi connectivity index (χ0n) is 16.3. The molecule has 2 N–H and O–H groups in total. The Labute approximate surface area is 180 Å². The third kappa shape index (κ3) is 3.92. The number of phenolic OH excluding ortho intramolecular Hbond substituents is 2. The van der Waals surface area contributed by atoms with Crippen LogP contribution in [0.15, 0.2) is 66.7 Å². The van der Waals surface area contributed by atoms with Gasteiger partial charge < -0.3 is 14.9 Å². The molecule has 3 aromatic rings. The Kier molecular flexibility index (Phi) is 6.04. The lowest BCUT2D eigenvalue weighted by Crippen LogP contribution is -2.39. The molecule has 1 atom stereocenters. The third-order valence-corrected chi connectivity index (χ3v) is 5.70. The lowest BCUT2D eigenvalue weighted by atomic mass is 9.91. The highest BCUT2D eigenvalue weighted by Crippen LogP contribution is 2.44. The number of carbonyl (C=O) groups is 1. The van der Waals surface area contributed by atoms with Crippen molar-refractivity contribution in [1.29, 1.82) is 0 Å². The van der Waals surface area contributed by atoms with Crippen LogP contribution in [0.4, 0.5) is 0 Å². The fourth-order valence-corrected chi connectivity index (χ4v) is 4.10. The Morgan fingerprint density at radius 3 is 2.30 bits per heavy atom. The van der Waals surface area contributed by atoms with Crippen LogP contribution in [0.2, 0.25) is 5.02 Å². The second-order valence-corrected chi connectivity index (χ2v) is 7.57. The molecule has 1 unspecified atom stereocenters. The van der Waals surface area contributed by atoms with E-state index in [0.29, 0.717) is 36.9 Å². The van der Waals surface area contributed by atoms with E-state index < -0.39 is 6.04 Å². The summed E-state index contributed by atoms with van der Waals surface area (Å²) in [7, 11) is 0. The molecule has 0 spiro atoms. The number of nitrogens with zero attached hydrogens (tertiary/aromatic N) is 1. The van der Waals surface area contributed by atoms with Crippen molar-refractivity contribution < 1.29 is 19.7 Å². The van der Waals surface area contributed by atoms with Crippen LogP contribution in [-0.4, -0.2) is 47.2 Å². The Bertz CT molecular complexity index is 1050. The lowest BCUT2D eigenvalue weighted by Gasteiger charge is -2.36. The molecule has 1 fully saturated rings. The monoisotopic (exact) mass is 423 g/mol. The molecule has 0 bridgehead atoms.